The molecule has 4 rings (SSSR count). The molecule has 0 spiro atoms. The molecule has 0 aliphatic carbocycles. The number of nitrogens with zero attached hydrogens (tertiary/aromatic N) is 2. The van der Waals surface area contributed by atoms with Gasteiger partial charge in [-0.3, -0.25) is 13.9 Å². The lowest BCUT2D eigenvalue weighted by atomic mass is 10.0. The van der Waals surface area contributed by atoms with Crippen molar-refractivity contribution < 1.29 is 18.0 Å². The quantitative estimate of drug-likeness (QED) is 0.187. The summed E-state index contributed by atoms with van der Waals surface area (Å²) in [6.45, 7) is 5.46. The third-order valence-corrected chi connectivity index (χ3v) is 9.47. The molecule has 44 heavy (non-hydrogen) atoms. The van der Waals surface area contributed by atoms with Crippen LogP contribution in [0.1, 0.15) is 29.2 Å². The van der Waals surface area contributed by atoms with Gasteiger partial charge in [-0.25, -0.2) is 8.42 Å². The Bertz CT molecular complexity index is 1690. The smallest absolute Gasteiger partial charge is 0.264 e. The highest BCUT2D eigenvalue weighted by Gasteiger charge is 2.35. The summed E-state index contributed by atoms with van der Waals surface area (Å²) >= 11 is 12.6. The molecular formula is C34H35Cl2N3O4S. The van der Waals surface area contributed by atoms with Gasteiger partial charge in [0.1, 0.15) is 12.6 Å². The maximum Gasteiger partial charge on any atom is 0.264 e. The second-order valence-electron chi connectivity index (χ2n) is 10.5. The van der Waals surface area contributed by atoms with Crippen molar-refractivity contribution in [2.45, 2.75) is 44.7 Å². The van der Waals surface area contributed by atoms with Crippen LogP contribution in [-0.2, 0) is 32.6 Å². The van der Waals surface area contributed by atoms with Crippen molar-refractivity contribution in [1.29, 1.82) is 0 Å². The molecular weight excluding hydrogens is 617 g/mol. The first-order valence-corrected chi connectivity index (χ1v) is 16.4. The number of carbonyl (C=O) groups excluding carboxylic acids is 2. The zero-order valence-electron chi connectivity index (χ0n) is 24.8. The summed E-state index contributed by atoms with van der Waals surface area (Å²) in [6.07, 6.45) is 0.234. The summed E-state index contributed by atoms with van der Waals surface area (Å²) in [5.41, 5.74) is 3.64. The van der Waals surface area contributed by atoms with Crippen LogP contribution in [0.5, 0.6) is 0 Å². The van der Waals surface area contributed by atoms with Gasteiger partial charge in [-0.1, -0.05) is 95.5 Å². The number of hydrogen-bond acceptors (Lipinski definition) is 4. The molecule has 1 N–H and O–H groups in total. The van der Waals surface area contributed by atoms with Crippen molar-refractivity contribution in [3.63, 3.8) is 0 Å². The zero-order valence-corrected chi connectivity index (χ0v) is 27.2. The number of sulfonamides is 1. The molecule has 0 heterocycles. The molecule has 1 atom stereocenters. The van der Waals surface area contributed by atoms with Gasteiger partial charge in [0.25, 0.3) is 10.0 Å². The van der Waals surface area contributed by atoms with E-state index in [1.54, 1.807) is 12.1 Å². The van der Waals surface area contributed by atoms with E-state index >= 15 is 0 Å². The highest BCUT2D eigenvalue weighted by molar-refractivity contribution is 7.92. The molecule has 0 saturated carbocycles. The van der Waals surface area contributed by atoms with E-state index < -0.39 is 28.5 Å². The maximum absolute atomic E-state index is 14.5. The van der Waals surface area contributed by atoms with Crippen molar-refractivity contribution >= 4 is 50.7 Å². The van der Waals surface area contributed by atoms with E-state index in [-0.39, 0.29) is 39.5 Å². The molecule has 0 saturated heterocycles. The Morgan fingerprint density at radius 3 is 2.07 bits per heavy atom. The van der Waals surface area contributed by atoms with Crippen LogP contribution in [0.15, 0.2) is 102 Å². The van der Waals surface area contributed by atoms with E-state index in [9.17, 15) is 18.0 Å². The fourth-order valence-corrected chi connectivity index (χ4v) is 6.78. The van der Waals surface area contributed by atoms with Crippen LogP contribution in [0.25, 0.3) is 0 Å². The Kier molecular flexibility index (Phi) is 11.1. The molecule has 4 aromatic rings. The van der Waals surface area contributed by atoms with Crippen molar-refractivity contribution in [2.24, 2.45) is 0 Å². The third kappa shape index (κ3) is 8.20. The topological polar surface area (TPSA) is 86.8 Å². The van der Waals surface area contributed by atoms with Gasteiger partial charge in [0, 0.05) is 29.6 Å². The molecule has 0 fully saturated rings. The number of hydrogen-bond donors (Lipinski definition) is 1. The lowest BCUT2D eigenvalue weighted by molar-refractivity contribution is -0.140. The number of carbonyl (C=O) groups is 2. The highest BCUT2D eigenvalue weighted by Crippen LogP contribution is 2.30. The fourth-order valence-electron chi connectivity index (χ4n) is 4.87. The largest absolute Gasteiger partial charge is 0.355 e. The Labute approximate surface area is 269 Å². The zero-order chi connectivity index (χ0) is 31.9. The Hall–Kier alpha value is -3.85. The normalized spacial score (nSPS) is 11.9. The van der Waals surface area contributed by atoms with Crippen molar-refractivity contribution in [3.05, 3.63) is 129 Å². The van der Waals surface area contributed by atoms with Gasteiger partial charge >= 0.3 is 0 Å². The van der Waals surface area contributed by atoms with E-state index in [1.807, 2.05) is 75.4 Å². The van der Waals surface area contributed by atoms with E-state index in [0.29, 0.717) is 6.54 Å². The van der Waals surface area contributed by atoms with Crippen LogP contribution in [0.2, 0.25) is 10.0 Å². The number of rotatable bonds is 12. The number of halogens is 2. The second kappa shape index (κ2) is 14.8. The first-order chi connectivity index (χ1) is 21.0. The van der Waals surface area contributed by atoms with Crippen LogP contribution < -0.4 is 9.62 Å². The van der Waals surface area contributed by atoms with Crippen LogP contribution >= 0.6 is 23.2 Å². The minimum Gasteiger partial charge on any atom is -0.355 e. The van der Waals surface area contributed by atoms with Gasteiger partial charge in [-0.05, 0) is 67.8 Å². The summed E-state index contributed by atoms with van der Waals surface area (Å²) in [5, 5.41) is 3.29. The molecule has 2 amide bonds. The predicted octanol–water partition coefficient (Wildman–Crippen LogP) is 6.58. The molecule has 0 aliphatic heterocycles. The number of nitrogens with one attached hydrogen (secondary N) is 1. The summed E-state index contributed by atoms with van der Waals surface area (Å²) in [6, 6.07) is 26.8. The van der Waals surface area contributed by atoms with Crippen molar-refractivity contribution in [2.75, 3.05) is 17.4 Å². The molecule has 230 valence electrons. The molecule has 0 aliphatic rings. The Morgan fingerprint density at radius 2 is 1.45 bits per heavy atom. The molecule has 4 aromatic carbocycles. The highest BCUT2D eigenvalue weighted by atomic mass is 35.5. The summed E-state index contributed by atoms with van der Waals surface area (Å²) < 4.78 is 29.2. The van der Waals surface area contributed by atoms with Crippen molar-refractivity contribution in [1.82, 2.24) is 10.2 Å². The molecule has 0 bridgehead atoms. The van der Waals surface area contributed by atoms with E-state index in [0.717, 1.165) is 26.6 Å². The standard InChI is InChI=1S/C34H35Cl2N3O4S/c1-4-37-34(41)32(18-26-11-6-5-7-12-26)38(22-27-13-9-8-10-25(27)3)33(40)23-39(30-20-28(35)19-29(36)21-30)44(42,43)31-16-14-24(2)15-17-31/h5-17,19-21,32H,4,18,22-23H2,1-3H3,(H,37,41)/t32-/m0/s1. The molecule has 0 aromatic heterocycles. The van der Waals surface area contributed by atoms with E-state index in [2.05, 4.69) is 5.32 Å². The molecule has 0 unspecified atom stereocenters. The Balaban J connectivity index is 1.83. The number of likely N-dealkylation sites (N-methyl/N-ethyl adjacent to an activating group) is 1. The molecule has 7 nitrogen and oxygen atoms in total. The minimum absolute atomic E-state index is 0.00186. The van der Waals surface area contributed by atoms with Crippen LogP contribution in [0.3, 0.4) is 0 Å². The van der Waals surface area contributed by atoms with Gasteiger partial charge in [-0.2, -0.15) is 0 Å². The maximum atomic E-state index is 14.5. The van der Waals surface area contributed by atoms with Crippen molar-refractivity contribution in [3.8, 4) is 0 Å². The number of benzene rings is 4. The Morgan fingerprint density at radius 1 is 0.841 bits per heavy atom. The SMILES string of the molecule is CCNC(=O)[C@H](Cc1ccccc1)N(Cc1ccccc1C)C(=O)CN(c1cc(Cl)cc(Cl)c1)S(=O)(=O)c1ccc(C)cc1. The second-order valence-corrected chi connectivity index (χ2v) is 13.2. The van der Waals surface area contributed by atoms with Crippen LogP contribution in [-0.4, -0.2) is 44.3 Å². The summed E-state index contributed by atoms with van der Waals surface area (Å²) in [5.74, 6) is -0.899. The average molecular weight is 653 g/mol. The van der Waals surface area contributed by atoms with E-state index in [1.165, 1.54) is 35.2 Å². The third-order valence-electron chi connectivity index (χ3n) is 7.25. The first kappa shape index (κ1) is 33.1. The number of aryl methyl sites for hydroxylation is 2. The van der Waals surface area contributed by atoms with Gasteiger partial charge < -0.3 is 10.2 Å². The van der Waals surface area contributed by atoms with Gasteiger partial charge in [0.05, 0.1) is 10.6 Å². The van der Waals surface area contributed by atoms with Gasteiger partial charge in [-0.15, -0.1) is 0 Å². The van der Waals surface area contributed by atoms with Crippen LogP contribution in [0, 0.1) is 13.8 Å². The van der Waals surface area contributed by atoms with Gasteiger partial charge in [0.2, 0.25) is 11.8 Å². The van der Waals surface area contributed by atoms with E-state index in [4.69, 9.17) is 23.2 Å². The van der Waals surface area contributed by atoms with Crippen LogP contribution in [0.4, 0.5) is 5.69 Å². The molecule has 0 radical (unpaired) electrons. The lowest BCUT2D eigenvalue weighted by Gasteiger charge is -2.34. The first-order valence-electron chi connectivity index (χ1n) is 14.2. The fraction of sp³-hybridized carbons (Fsp3) is 0.235. The average Bonchev–Trinajstić information content (AvgIpc) is 2.98. The lowest BCUT2D eigenvalue weighted by Crippen LogP contribution is -2.53. The van der Waals surface area contributed by atoms with Gasteiger partial charge in [0.15, 0.2) is 0 Å². The number of amides is 2. The summed E-state index contributed by atoms with van der Waals surface area (Å²) in [7, 11) is -4.26. The monoisotopic (exact) mass is 651 g/mol. The predicted molar refractivity (Wildman–Crippen MR) is 177 cm³/mol. The number of anilines is 1. The minimum atomic E-state index is -4.26. The molecule has 10 heteroatoms. The summed E-state index contributed by atoms with van der Waals surface area (Å²) in [4.78, 5) is 29.5.